The van der Waals surface area contributed by atoms with E-state index < -0.39 is 0 Å². The average Bonchev–Trinajstić information content (AvgIpc) is 2.33. The summed E-state index contributed by atoms with van der Waals surface area (Å²) in [6, 6.07) is 12.8. The van der Waals surface area contributed by atoms with Crippen molar-refractivity contribution in [2.45, 2.75) is 6.92 Å². The number of rotatable bonds is 0. The van der Waals surface area contributed by atoms with Crippen LogP contribution in [0.4, 0.5) is 0 Å². The van der Waals surface area contributed by atoms with Gasteiger partial charge in [-0.05, 0) is 16.2 Å². The lowest BCUT2D eigenvalue weighted by Crippen LogP contribution is -2.31. The number of benzene rings is 2. The van der Waals surface area contributed by atoms with E-state index in [9.17, 15) is 0 Å². The van der Waals surface area contributed by atoms with Gasteiger partial charge in [0.25, 0.3) is 0 Å². The third-order valence-electron chi connectivity index (χ3n) is 3.24. The number of pyridine rings is 1. The Balaban J connectivity index is 2.67. The molecule has 0 saturated heterocycles. The maximum Gasteiger partial charge on any atom is 0.186 e. The summed E-state index contributed by atoms with van der Waals surface area (Å²) in [5, 5.41) is 4.59. The molecule has 1 nitrogen and oxygen atoms in total. The maximum absolute atomic E-state index is 8.10. The highest BCUT2D eigenvalue weighted by molar-refractivity contribution is 6.07. The van der Waals surface area contributed by atoms with E-state index in [1.807, 2.05) is 31.4 Å². The van der Waals surface area contributed by atoms with E-state index in [-0.39, 0.29) is 0 Å². The molecule has 0 aliphatic carbocycles. The van der Waals surface area contributed by atoms with Crippen molar-refractivity contribution in [1.82, 2.24) is 0 Å². The standard InChI is InChI=1S/C15H14N/c1-11-15-13(9-10-16(11)2)8-7-12-5-3-4-6-14(12)15/h3-10H,1-2H3/q+1/i8T. The van der Waals surface area contributed by atoms with Gasteiger partial charge >= 0.3 is 0 Å². The van der Waals surface area contributed by atoms with Gasteiger partial charge in [-0.1, -0.05) is 36.4 Å². The third kappa shape index (κ3) is 1.21. The van der Waals surface area contributed by atoms with Crippen molar-refractivity contribution < 1.29 is 5.94 Å². The number of nitrogens with zero attached hydrogens (tertiary/aromatic N) is 1. The first-order chi connectivity index (χ1) is 8.18. The van der Waals surface area contributed by atoms with E-state index in [1.54, 1.807) is 0 Å². The van der Waals surface area contributed by atoms with Crippen molar-refractivity contribution in [2.24, 2.45) is 7.05 Å². The van der Waals surface area contributed by atoms with Gasteiger partial charge in [0.2, 0.25) is 0 Å². The minimum absolute atomic E-state index is 0.599. The van der Waals surface area contributed by atoms with Crippen LogP contribution in [0.2, 0.25) is 0 Å². The molecule has 0 aliphatic heterocycles. The molecule has 16 heavy (non-hydrogen) atoms. The molecular formula is C15H14N+. The predicted molar refractivity (Wildman–Crippen MR) is 67.4 cm³/mol. The molecule has 1 heterocycles. The summed E-state index contributed by atoms with van der Waals surface area (Å²) in [5.41, 5.74) is 1.20. The van der Waals surface area contributed by atoms with Crippen molar-refractivity contribution in [3.05, 3.63) is 54.3 Å². The van der Waals surface area contributed by atoms with Crippen molar-refractivity contribution in [2.75, 3.05) is 0 Å². The molecule has 0 fully saturated rings. The van der Waals surface area contributed by atoms with Crippen molar-refractivity contribution in [1.29, 1.82) is 0 Å². The van der Waals surface area contributed by atoms with Gasteiger partial charge in [-0.2, -0.15) is 0 Å². The van der Waals surface area contributed by atoms with Gasteiger partial charge in [0.15, 0.2) is 11.9 Å². The number of hydrogen-bond acceptors (Lipinski definition) is 0. The van der Waals surface area contributed by atoms with Crippen LogP contribution in [0.1, 0.15) is 7.06 Å². The smallest absolute Gasteiger partial charge is 0.186 e. The molecule has 78 valence electrons. The van der Waals surface area contributed by atoms with Crippen molar-refractivity contribution in [3.8, 4) is 0 Å². The third-order valence-corrected chi connectivity index (χ3v) is 3.24. The molecule has 3 rings (SSSR count). The number of hydrogen-bond donors (Lipinski definition) is 0. The molecule has 0 aliphatic rings. The number of aryl methyl sites for hydroxylation is 2. The SMILES string of the molecule is [3H]c1cc2ccccc2c2c(C)[n+](C)ccc12. The predicted octanol–water partition coefficient (Wildman–Crippen LogP) is 3.13. The first kappa shape index (κ1) is 8.28. The minimum Gasteiger partial charge on any atom is -0.205 e. The van der Waals surface area contributed by atoms with Crippen LogP contribution in [0.15, 0.2) is 48.6 Å². The Hall–Kier alpha value is -1.89. The van der Waals surface area contributed by atoms with Crippen molar-refractivity contribution in [3.63, 3.8) is 0 Å². The second-order valence-electron chi connectivity index (χ2n) is 4.18. The van der Waals surface area contributed by atoms with Gasteiger partial charge in [0.05, 0.1) is 6.76 Å². The van der Waals surface area contributed by atoms with Gasteiger partial charge in [-0.25, -0.2) is 4.57 Å². The number of aromatic nitrogens is 1. The molecule has 0 N–H and O–H groups in total. The Kier molecular flexibility index (Phi) is 1.71. The van der Waals surface area contributed by atoms with E-state index in [4.69, 9.17) is 1.37 Å². The van der Waals surface area contributed by atoms with Crippen LogP contribution in [0.5, 0.6) is 0 Å². The van der Waals surface area contributed by atoms with Crippen LogP contribution >= 0.6 is 0 Å². The van der Waals surface area contributed by atoms with Crippen LogP contribution in [-0.2, 0) is 7.05 Å². The summed E-state index contributed by atoms with van der Waals surface area (Å²) in [6.45, 7) is 2.11. The van der Waals surface area contributed by atoms with Gasteiger partial charge in [0.1, 0.15) is 7.05 Å². The molecule has 1 aromatic heterocycles. The van der Waals surface area contributed by atoms with Crippen LogP contribution in [0.3, 0.4) is 0 Å². The largest absolute Gasteiger partial charge is 0.205 e. The van der Waals surface area contributed by atoms with Gasteiger partial charge < -0.3 is 0 Å². The molecule has 0 saturated carbocycles. The van der Waals surface area contributed by atoms with E-state index in [0.717, 1.165) is 10.8 Å². The highest BCUT2D eigenvalue weighted by Crippen LogP contribution is 2.25. The first-order valence-electron chi connectivity index (χ1n) is 5.96. The Morgan fingerprint density at radius 1 is 1.06 bits per heavy atom. The Bertz CT molecular complexity index is 732. The summed E-state index contributed by atoms with van der Waals surface area (Å²) >= 11 is 0. The monoisotopic (exact) mass is 210 g/mol. The molecule has 2 aromatic carbocycles. The van der Waals surface area contributed by atoms with Crippen LogP contribution < -0.4 is 4.57 Å². The molecule has 0 amide bonds. The van der Waals surface area contributed by atoms with Gasteiger partial charge in [-0.3, -0.25) is 0 Å². The van der Waals surface area contributed by atoms with Crippen LogP contribution in [0.25, 0.3) is 21.5 Å². The molecule has 3 aromatic rings. The quantitative estimate of drug-likeness (QED) is 0.396. The van der Waals surface area contributed by atoms with Gasteiger partial charge in [0, 0.05) is 13.0 Å². The normalized spacial score (nSPS) is 12.0. The van der Waals surface area contributed by atoms with Crippen LogP contribution in [-0.4, -0.2) is 0 Å². The summed E-state index contributed by atoms with van der Waals surface area (Å²) in [7, 11) is 2.04. The number of fused-ring (bicyclic) bond motifs is 3. The molecule has 0 radical (unpaired) electrons. The lowest BCUT2D eigenvalue weighted by Gasteiger charge is -2.04. The van der Waals surface area contributed by atoms with Gasteiger partial charge in [-0.15, -0.1) is 0 Å². The van der Waals surface area contributed by atoms with E-state index in [2.05, 4.69) is 29.7 Å². The maximum atomic E-state index is 8.10. The van der Waals surface area contributed by atoms with E-state index in [1.165, 1.54) is 16.5 Å². The fourth-order valence-corrected chi connectivity index (χ4v) is 2.22. The summed E-state index contributed by atoms with van der Waals surface area (Å²) in [6.07, 6.45) is 2.02. The molecule has 0 spiro atoms. The zero-order chi connectivity index (χ0) is 12.0. The van der Waals surface area contributed by atoms with Crippen molar-refractivity contribution >= 4 is 21.5 Å². The van der Waals surface area contributed by atoms with Crippen LogP contribution in [0, 0.1) is 6.92 Å². The lowest BCUT2D eigenvalue weighted by molar-refractivity contribution is -0.676. The van der Waals surface area contributed by atoms with E-state index >= 15 is 0 Å². The Morgan fingerprint density at radius 2 is 1.88 bits per heavy atom. The Labute approximate surface area is 96.4 Å². The highest BCUT2D eigenvalue weighted by atomic mass is 14.9. The highest BCUT2D eigenvalue weighted by Gasteiger charge is 2.09. The minimum atomic E-state index is 0.599. The fourth-order valence-electron chi connectivity index (χ4n) is 2.22. The van der Waals surface area contributed by atoms with E-state index in [0.29, 0.717) is 6.04 Å². The summed E-state index contributed by atoms with van der Waals surface area (Å²) in [4.78, 5) is 0. The zero-order valence-corrected chi connectivity index (χ0v) is 9.49. The molecule has 0 atom stereocenters. The molecular weight excluding hydrogens is 194 g/mol. The average molecular weight is 210 g/mol. The second-order valence-corrected chi connectivity index (χ2v) is 4.18. The second kappa shape index (κ2) is 3.31. The fraction of sp³-hybridized carbons (Fsp3) is 0.133. The Morgan fingerprint density at radius 3 is 2.75 bits per heavy atom. The lowest BCUT2D eigenvalue weighted by atomic mass is 10.0. The molecule has 0 unspecified atom stereocenters. The molecule has 1 heteroatoms. The summed E-state index contributed by atoms with van der Waals surface area (Å²) in [5.74, 6) is 0. The first-order valence-corrected chi connectivity index (χ1v) is 5.46. The topological polar surface area (TPSA) is 3.88 Å². The molecule has 0 bridgehead atoms. The zero-order valence-electron chi connectivity index (χ0n) is 10.5. The summed E-state index contributed by atoms with van der Waals surface area (Å²) < 4.78 is 10.2.